The second kappa shape index (κ2) is 8.73. The number of para-hydroxylation sites is 1. The number of hydrogen-bond acceptors (Lipinski definition) is 4. The van der Waals surface area contributed by atoms with Gasteiger partial charge in [0.2, 0.25) is 5.91 Å². The number of amides is 1. The minimum Gasteiger partial charge on any atom is -0.368 e. The average molecular weight is 390 g/mol. The predicted molar refractivity (Wildman–Crippen MR) is 114 cm³/mol. The first-order valence-corrected chi connectivity index (χ1v) is 9.73. The van der Waals surface area contributed by atoms with Crippen molar-refractivity contribution in [3.8, 4) is 0 Å². The topological polar surface area (TPSA) is 48.5 Å². The zero-order valence-electron chi connectivity index (χ0n) is 16.1. The number of hydrogen-bond donors (Lipinski definition) is 1. The van der Waals surface area contributed by atoms with Crippen molar-refractivity contribution in [3.05, 3.63) is 84.3 Å². The Kier molecular flexibility index (Phi) is 5.70. The smallest absolute Gasteiger partial charge is 0.229 e. The van der Waals surface area contributed by atoms with E-state index in [1.165, 1.54) is 17.8 Å². The molecule has 4 rings (SSSR count). The summed E-state index contributed by atoms with van der Waals surface area (Å²) < 4.78 is 13.0. The first kappa shape index (κ1) is 18.9. The SMILES string of the molecule is O=C(Cc1ccc(F)cc1)Nc1ccc(N2CCN(c3ccccc3)CC2)cn1. The van der Waals surface area contributed by atoms with Gasteiger partial charge in [-0.1, -0.05) is 30.3 Å². The maximum Gasteiger partial charge on any atom is 0.229 e. The van der Waals surface area contributed by atoms with E-state index in [9.17, 15) is 9.18 Å². The molecule has 1 fully saturated rings. The summed E-state index contributed by atoms with van der Waals surface area (Å²) in [6, 6.07) is 20.2. The van der Waals surface area contributed by atoms with Gasteiger partial charge < -0.3 is 15.1 Å². The van der Waals surface area contributed by atoms with Gasteiger partial charge in [0.05, 0.1) is 18.3 Å². The van der Waals surface area contributed by atoms with Gasteiger partial charge in [0.25, 0.3) is 0 Å². The summed E-state index contributed by atoms with van der Waals surface area (Å²) in [5.41, 5.74) is 3.07. The fourth-order valence-electron chi connectivity index (χ4n) is 3.48. The highest BCUT2D eigenvalue weighted by atomic mass is 19.1. The molecule has 0 spiro atoms. The van der Waals surface area contributed by atoms with Gasteiger partial charge in [0, 0.05) is 31.9 Å². The van der Waals surface area contributed by atoms with Crippen LogP contribution in [0, 0.1) is 5.82 Å². The third-order valence-corrected chi connectivity index (χ3v) is 5.06. The van der Waals surface area contributed by atoms with Crippen LogP contribution in [0.1, 0.15) is 5.56 Å². The zero-order valence-corrected chi connectivity index (χ0v) is 16.1. The van der Waals surface area contributed by atoms with E-state index in [0.29, 0.717) is 5.82 Å². The van der Waals surface area contributed by atoms with Crippen LogP contribution in [0.2, 0.25) is 0 Å². The summed E-state index contributed by atoms with van der Waals surface area (Å²) in [5.74, 6) is 0.0353. The van der Waals surface area contributed by atoms with Crippen LogP contribution < -0.4 is 15.1 Å². The third kappa shape index (κ3) is 4.90. The molecule has 0 atom stereocenters. The summed E-state index contributed by atoms with van der Waals surface area (Å²) in [7, 11) is 0. The molecular formula is C23H23FN4O. The fourth-order valence-corrected chi connectivity index (χ4v) is 3.48. The Morgan fingerprint density at radius 3 is 2.14 bits per heavy atom. The average Bonchev–Trinajstić information content (AvgIpc) is 2.77. The number of carbonyl (C=O) groups is 1. The molecule has 1 amide bonds. The molecule has 1 aliphatic rings. The Labute approximate surface area is 169 Å². The lowest BCUT2D eigenvalue weighted by Gasteiger charge is -2.37. The number of halogens is 1. The predicted octanol–water partition coefficient (Wildman–Crippen LogP) is 3.73. The molecule has 0 bridgehead atoms. The number of pyridine rings is 1. The van der Waals surface area contributed by atoms with E-state index in [1.807, 2.05) is 18.2 Å². The number of aromatic nitrogens is 1. The molecule has 2 aromatic carbocycles. The highest BCUT2D eigenvalue weighted by molar-refractivity contribution is 5.91. The number of piperazine rings is 1. The molecule has 5 nitrogen and oxygen atoms in total. The van der Waals surface area contributed by atoms with Crippen LogP contribution in [0.15, 0.2) is 72.9 Å². The molecule has 1 aromatic heterocycles. The molecule has 0 aliphatic carbocycles. The Hall–Kier alpha value is -3.41. The van der Waals surface area contributed by atoms with Crippen LogP contribution in [0.25, 0.3) is 0 Å². The Balaban J connectivity index is 1.30. The zero-order chi connectivity index (χ0) is 20.1. The quantitative estimate of drug-likeness (QED) is 0.721. The number of benzene rings is 2. The summed E-state index contributed by atoms with van der Waals surface area (Å²) in [6.45, 7) is 3.76. The number of nitrogens with one attached hydrogen (secondary N) is 1. The van der Waals surface area contributed by atoms with Crippen LogP contribution in [0.4, 0.5) is 21.6 Å². The highest BCUT2D eigenvalue weighted by Gasteiger charge is 2.17. The molecule has 6 heteroatoms. The summed E-state index contributed by atoms with van der Waals surface area (Å²) >= 11 is 0. The van der Waals surface area contributed by atoms with Crippen LogP contribution >= 0.6 is 0 Å². The minimum atomic E-state index is -0.309. The van der Waals surface area contributed by atoms with Gasteiger partial charge in [-0.2, -0.15) is 0 Å². The first-order chi connectivity index (χ1) is 14.2. The summed E-state index contributed by atoms with van der Waals surface area (Å²) in [6.07, 6.45) is 1.98. The molecule has 2 heterocycles. The van der Waals surface area contributed by atoms with Crippen molar-refractivity contribution in [1.29, 1.82) is 0 Å². The lowest BCUT2D eigenvalue weighted by atomic mass is 10.1. The van der Waals surface area contributed by atoms with Gasteiger partial charge in [-0.3, -0.25) is 4.79 Å². The van der Waals surface area contributed by atoms with Crippen LogP contribution in [-0.4, -0.2) is 37.1 Å². The van der Waals surface area contributed by atoms with Crippen molar-refractivity contribution in [2.24, 2.45) is 0 Å². The summed E-state index contributed by atoms with van der Waals surface area (Å²) in [5, 5.41) is 2.79. The van der Waals surface area contributed by atoms with Gasteiger partial charge in [-0.15, -0.1) is 0 Å². The molecule has 1 N–H and O–H groups in total. The monoisotopic (exact) mass is 390 g/mol. The standard InChI is InChI=1S/C23H23FN4O/c24-19-8-6-18(7-9-19)16-23(29)26-22-11-10-21(17-25-22)28-14-12-27(13-15-28)20-4-2-1-3-5-20/h1-11,17H,12-16H2,(H,25,26,29). The van der Waals surface area contributed by atoms with E-state index in [-0.39, 0.29) is 18.1 Å². The van der Waals surface area contributed by atoms with Crippen molar-refractivity contribution in [2.75, 3.05) is 41.3 Å². The largest absolute Gasteiger partial charge is 0.368 e. The Bertz CT molecular complexity index is 937. The number of anilines is 3. The summed E-state index contributed by atoms with van der Waals surface area (Å²) in [4.78, 5) is 21.2. The van der Waals surface area contributed by atoms with E-state index < -0.39 is 0 Å². The van der Waals surface area contributed by atoms with E-state index in [2.05, 4.69) is 44.4 Å². The van der Waals surface area contributed by atoms with Crippen molar-refractivity contribution in [3.63, 3.8) is 0 Å². The third-order valence-electron chi connectivity index (χ3n) is 5.06. The highest BCUT2D eigenvalue weighted by Crippen LogP contribution is 2.20. The maximum absolute atomic E-state index is 13.0. The lowest BCUT2D eigenvalue weighted by molar-refractivity contribution is -0.115. The van der Waals surface area contributed by atoms with Crippen LogP contribution in [-0.2, 0) is 11.2 Å². The van der Waals surface area contributed by atoms with Gasteiger partial charge in [0.1, 0.15) is 11.6 Å². The molecule has 1 aliphatic heterocycles. The molecule has 29 heavy (non-hydrogen) atoms. The molecule has 3 aromatic rings. The van der Waals surface area contributed by atoms with E-state index >= 15 is 0 Å². The van der Waals surface area contributed by atoms with E-state index in [4.69, 9.17) is 0 Å². The number of rotatable bonds is 5. The molecule has 0 unspecified atom stereocenters. The molecule has 0 saturated carbocycles. The maximum atomic E-state index is 13.0. The van der Waals surface area contributed by atoms with Gasteiger partial charge >= 0.3 is 0 Å². The Morgan fingerprint density at radius 1 is 0.862 bits per heavy atom. The first-order valence-electron chi connectivity index (χ1n) is 9.73. The van der Waals surface area contributed by atoms with Crippen molar-refractivity contribution in [1.82, 2.24) is 4.98 Å². The second-order valence-corrected chi connectivity index (χ2v) is 7.06. The second-order valence-electron chi connectivity index (χ2n) is 7.06. The van der Waals surface area contributed by atoms with Gasteiger partial charge in [-0.25, -0.2) is 9.37 Å². The van der Waals surface area contributed by atoms with Gasteiger partial charge in [-0.05, 0) is 42.0 Å². The van der Waals surface area contributed by atoms with E-state index in [0.717, 1.165) is 37.4 Å². The van der Waals surface area contributed by atoms with Crippen molar-refractivity contribution >= 4 is 23.1 Å². The fraction of sp³-hybridized carbons (Fsp3) is 0.217. The minimum absolute atomic E-state index is 0.173. The molecule has 148 valence electrons. The van der Waals surface area contributed by atoms with Crippen LogP contribution in [0.3, 0.4) is 0 Å². The molecule has 1 saturated heterocycles. The normalized spacial score (nSPS) is 14.0. The lowest BCUT2D eigenvalue weighted by Crippen LogP contribution is -2.46. The Morgan fingerprint density at radius 2 is 1.52 bits per heavy atom. The van der Waals surface area contributed by atoms with Crippen molar-refractivity contribution < 1.29 is 9.18 Å². The van der Waals surface area contributed by atoms with E-state index in [1.54, 1.807) is 18.3 Å². The molecular weight excluding hydrogens is 367 g/mol. The van der Waals surface area contributed by atoms with Gasteiger partial charge in [0.15, 0.2) is 0 Å². The number of carbonyl (C=O) groups excluding carboxylic acids is 1. The van der Waals surface area contributed by atoms with Crippen LogP contribution in [0.5, 0.6) is 0 Å². The number of nitrogens with zero attached hydrogens (tertiary/aromatic N) is 3. The molecule has 0 radical (unpaired) electrons. The van der Waals surface area contributed by atoms with Crippen molar-refractivity contribution in [2.45, 2.75) is 6.42 Å².